The largest absolute Gasteiger partial charge is 0.367 e. The van der Waals surface area contributed by atoms with Gasteiger partial charge in [-0.25, -0.2) is 4.98 Å². The fourth-order valence-electron chi connectivity index (χ4n) is 2.77. The molecule has 1 N–H and O–H groups in total. The van der Waals surface area contributed by atoms with E-state index in [2.05, 4.69) is 30.2 Å². The van der Waals surface area contributed by atoms with Gasteiger partial charge in [0.2, 0.25) is 5.91 Å². The Labute approximate surface area is 121 Å². The highest BCUT2D eigenvalue weighted by atomic mass is 16.2. The van der Waals surface area contributed by atoms with E-state index in [9.17, 15) is 4.79 Å². The third-order valence-corrected chi connectivity index (χ3v) is 4.10. The van der Waals surface area contributed by atoms with Crippen LogP contribution in [0.25, 0.3) is 0 Å². The number of likely N-dealkylation sites (tertiary alicyclic amines) is 1. The molecule has 0 saturated carbocycles. The number of nitrogens with one attached hydrogen (secondary N) is 1. The molecule has 0 aliphatic carbocycles. The average molecular weight is 275 g/mol. The van der Waals surface area contributed by atoms with E-state index in [1.807, 2.05) is 17.2 Å². The standard InChI is InChI=1S/C16H25N3O/c1-4-12(2)18-16-14(8-7-10-17-16)15-9-5-6-11-19(15)13(3)20/h7-8,10,12,15H,4-6,9,11H2,1-3H3,(H,17,18)/t12-,15+/m0/s1. The van der Waals surface area contributed by atoms with Crippen LogP contribution >= 0.6 is 0 Å². The van der Waals surface area contributed by atoms with Gasteiger partial charge in [-0.05, 0) is 38.7 Å². The molecular formula is C16H25N3O. The Hall–Kier alpha value is -1.58. The summed E-state index contributed by atoms with van der Waals surface area (Å²) in [6.45, 7) is 6.83. The van der Waals surface area contributed by atoms with Gasteiger partial charge in [0, 0.05) is 31.3 Å². The molecule has 1 saturated heterocycles. The topological polar surface area (TPSA) is 45.2 Å². The summed E-state index contributed by atoms with van der Waals surface area (Å²) in [7, 11) is 0. The zero-order valence-corrected chi connectivity index (χ0v) is 12.7. The molecule has 0 unspecified atom stereocenters. The van der Waals surface area contributed by atoms with Crippen LogP contribution in [0.5, 0.6) is 0 Å². The van der Waals surface area contributed by atoms with Crippen LogP contribution in [0.1, 0.15) is 58.1 Å². The number of anilines is 1. The van der Waals surface area contributed by atoms with Gasteiger partial charge in [0.25, 0.3) is 0 Å². The number of rotatable bonds is 4. The van der Waals surface area contributed by atoms with Crippen LogP contribution in [0, 0.1) is 0 Å². The number of pyridine rings is 1. The molecule has 0 radical (unpaired) electrons. The Balaban J connectivity index is 2.28. The fourth-order valence-corrected chi connectivity index (χ4v) is 2.77. The van der Waals surface area contributed by atoms with Crippen molar-refractivity contribution in [3.8, 4) is 0 Å². The SMILES string of the molecule is CC[C@H](C)Nc1ncccc1[C@H]1CCCCN1C(C)=O. The molecule has 20 heavy (non-hydrogen) atoms. The van der Waals surface area contributed by atoms with E-state index in [0.717, 1.165) is 37.2 Å². The molecule has 0 spiro atoms. The first kappa shape index (κ1) is 14.8. The van der Waals surface area contributed by atoms with E-state index in [4.69, 9.17) is 0 Å². The van der Waals surface area contributed by atoms with Crippen LogP contribution < -0.4 is 5.32 Å². The lowest BCUT2D eigenvalue weighted by Gasteiger charge is -2.36. The zero-order valence-electron chi connectivity index (χ0n) is 12.7. The van der Waals surface area contributed by atoms with E-state index in [-0.39, 0.29) is 11.9 Å². The van der Waals surface area contributed by atoms with Crippen molar-refractivity contribution in [2.75, 3.05) is 11.9 Å². The Morgan fingerprint density at radius 2 is 2.35 bits per heavy atom. The zero-order chi connectivity index (χ0) is 14.5. The summed E-state index contributed by atoms with van der Waals surface area (Å²) >= 11 is 0. The predicted molar refractivity (Wildman–Crippen MR) is 81.6 cm³/mol. The molecule has 4 heteroatoms. The van der Waals surface area contributed by atoms with Crippen LogP contribution in [-0.4, -0.2) is 28.4 Å². The molecule has 110 valence electrons. The highest BCUT2D eigenvalue weighted by Crippen LogP contribution is 2.34. The Morgan fingerprint density at radius 1 is 1.55 bits per heavy atom. The Morgan fingerprint density at radius 3 is 3.05 bits per heavy atom. The minimum atomic E-state index is 0.160. The number of piperidine rings is 1. The lowest BCUT2D eigenvalue weighted by Crippen LogP contribution is -2.37. The second-order valence-electron chi connectivity index (χ2n) is 5.62. The van der Waals surface area contributed by atoms with Crippen LogP contribution in [0.2, 0.25) is 0 Å². The third-order valence-electron chi connectivity index (χ3n) is 4.10. The van der Waals surface area contributed by atoms with Gasteiger partial charge >= 0.3 is 0 Å². The van der Waals surface area contributed by atoms with E-state index in [0.29, 0.717) is 6.04 Å². The molecule has 1 amide bonds. The van der Waals surface area contributed by atoms with E-state index in [1.165, 1.54) is 6.42 Å². The van der Waals surface area contributed by atoms with Crippen molar-refractivity contribution in [1.82, 2.24) is 9.88 Å². The first-order valence-electron chi connectivity index (χ1n) is 7.62. The molecule has 0 bridgehead atoms. The number of hydrogen-bond acceptors (Lipinski definition) is 3. The summed E-state index contributed by atoms with van der Waals surface area (Å²) in [6, 6.07) is 4.62. The van der Waals surface area contributed by atoms with Gasteiger partial charge in [0.15, 0.2) is 0 Å². The maximum Gasteiger partial charge on any atom is 0.219 e. The average Bonchev–Trinajstić information content (AvgIpc) is 2.47. The lowest BCUT2D eigenvalue weighted by molar-refractivity contribution is -0.132. The molecule has 1 aromatic rings. The van der Waals surface area contributed by atoms with Crippen LogP contribution in [0.3, 0.4) is 0 Å². The Bertz CT molecular complexity index is 461. The summed E-state index contributed by atoms with van der Waals surface area (Å²) in [5.74, 6) is 1.09. The number of carbonyl (C=O) groups excluding carboxylic acids is 1. The summed E-state index contributed by atoms with van der Waals surface area (Å²) < 4.78 is 0. The molecular weight excluding hydrogens is 250 g/mol. The number of carbonyl (C=O) groups is 1. The first-order valence-corrected chi connectivity index (χ1v) is 7.62. The van der Waals surface area contributed by atoms with Crippen molar-refractivity contribution < 1.29 is 4.79 Å². The molecule has 1 fully saturated rings. The molecule has 4 nitrogen and oxygen atoms in total. The molecule has 1 aromatic heterocycles. The number of nitrogens with zero attached hydrogens (tertiary/aromatic N) is 2. The maximum atomic E-state index is 11.9. The van der Waals surface area contributed by atoms with Crippen molar-refractivity contribution in [2.24, 2.45) is 0 Å². The summed E-state index contributed by atoms with van der Waals surface area (Å²) in [4.78, 5) is 18.3. The minimum Gasteiger partial charge on any atom is -0.367 e. The van der Waals surface area contributed by atoms with Gasteiger partial charge < -0.3 is 10.2 Å². The summed E-state index contributed by atoms with van der Waals surface area (Å²) in [5, 5.41) is 3.47. The maximum absolute atomic E-state index is 11.9. The molecule has 2 rings (SSSR count). The monoisotopic (exact) mass is 275 g/mol. The number of hydrogen-bond donors (Lipinski definition) is 1. The number of aromatic nitrogens is 1. The van der Waals surface area contributed by atoms with Gasteiger partial charge in [-0.2, -0.15) is 0 Å². The van der Waals surface area contributed by atoms with E-state index < -0.39 is 0 Å². The quantitative estimate of drug-likeness (QED) is 0.916. The first-order chi connectivity index (χ1) is 9.63. The highest BCUT2D eigenvalue weighted by Gasteiger charge is 2.28. The lowest BCUT2D eigenvalue weighted by atomic mass is 9.95. The fraction of sp³-hybridized carbons (Fsp3) is 0.625. The molecule has 2 atom stereocenters. The summed E-state index contributed by atoms with van der Waals surface area (Å²) in [6.07, 6.45) is 6.17. The van der Waals surface area contributed by atoms with Crippen LogP contribution in [0.4, 0.5) is 5.82 Å². The Kier molecular flexibility index (Phi) is 4.99. The van der Waals surface area contributed by atoms with Gasteiger partial charge in [-0.15, -0.1) is 0 Å². The van der Waals surface area contributed by atoms with Gasteiger partial charge in [-0.1, -0.05) is 13.0 Å². The van der Waals surface area contributed by atoms with Gasteiger partial charge in [0.1, 0.15) is 5.82 Å². The van der Waals surface area contributed by atoms with Crippen molar-refractivity contribution >= 4 is 11.7 Å². The van der Waals surface area contributed by atoms with Gasteiger partial charge in [-0.3, -0.25) is 4.79 Å². The second-order valence-corrected chi connectivity index (χ2v) is 5.62. The molecule has 0 aromatic carbocycles. The smallest absolute Gasteiger partial charge is 0.219 e. The predicted octanol–water partition coefficient (Wildman–Crippen LogP) is 3.37. The third kappa shape index (κ3) is 3.30. The van der Waals surface area contributed by atoms with E-state index in [1.54, 1.807) is 6.92 Å². The second kappa shape index (κ2) is 6.73. The molecule has 2 heterocycles. The number of amides is 1. The van der Waals surface area contributed by atoms with Crippen molar-refractivity contribution in [2.45, 2.75) is 58.5 Å². The minimum absolute atomic E-state index is 0.160. The van der Waals surface area contributed by atoms with Crippen molar-refractivity contribution in [3.63, 3.8) is 0 Å². The molecule has 1 aliphatic rings. The normalized spacial score (nSPS) is 20.6. The van der Waals surface area contributed by atoms with Crippen molar-refractivity contribution in [3.05, 3.63) is 23.9 Å². The van der Waals surface area contributed by atoms with Crippen molar-refractivity contribution in [1.29, 1.82) is 0 Å². The summed E-state index contributed by atoms with van der Waals surface area (Å²) in [5.41, 5.74) is 1.16. The molecule has 1 aliphatic heterocycles. The van der Waals surface area contributed by atoms with Gasteiger partial charge in [0.05, 0.1) is 6.04 Å². The van der Waals surface area contributed by atoms with E-state index >= 15 is 0 Å². The highest BCUT2D eigenvalue weighted by molar-refractivity contribution is 5.74. The van der Waals surface area contributed by atoms with Crippen LogP contribution in [0.15, 0.2) is 18.3 Å². The van der Waals surface area contributed by atoms with Crippen LogP contribution in [-0.2, 0) is 4.79 Å².